The summed E-state index contributed by atoms with van der Waals surface area (Å²) < 4.78 is 0. The Bertz CT molecular complexity index is 439. The molecule has 19 heavy (non-hydrogen) atoms. The molecule has 4 N–H and O–H groups in total. The lowest BCUT2D eigenvalue weighted by Crippen LogP contribution is -2.42. The van der Waals surface area contributed by atoms with E-state index in [1.165, 1.54) is 0 Å². The van der Waals surface area contributed by atoms with E-state index in [0.29, 0.717) is 11.3 Å². The molecule has 2 rings (SSSR count). The Morgan fingerprint density at radius 2 is 2.00 bits per heavy atom. The SMILES string of the molecule is Cc1cc(N)cc(C(=O)NC2CCCCCC2O)c1. The van der Waals surface area contributed by atoms with E-state index >= 15 is 0 Å². The molecule has 2 unspecified atom stereocenters. The van der Waals surface area contributed by atoms with Gasteiger partial charge >= 0.3 is 0 Å². The molecular weight excluding hydrogens is 240 g/mol. The van der Waals surface area contributed by atoms with Gasteiger partial charge in [0.1, 0.15) is 0 Å². The van der Waals surface area contributed by atoms with Crippen molar-refractivity contribution in [3.05, 3.63) is 29.3 Å². The van der Waals surface area contributed by atoms with Gasteiger partial charge in [0, 0.05) is 11.3 Å². The Balaban J connectivity index is 2.07. The molecule has 0 bridgehead atoms. The van der Waals surface area contributed by atoms with Crippen LogP contribution in [-0.4, -0.2) is 23.2 Å². The van der Waals surface area contributed by atoms with Gasteiger partial charge in [-0.1, -0.05) is 19.3 Å². The maximum atomic E-state index is 12.2. The van der Waals surface area contributed by atoms with Gasteiger partial charge in [-0.3, -0.25) is 4.79 Å². The fourth-order valence-corrected chi connectivity index (χ4v) is 2.65. The first-order valence-corrected chi connectivity index (χ1v) is 6.92. The highest BCUT2D eigenvalue weighted by atomic mass is 16.3. The first kappa shape index (κ1) is 13.9. The van der Waals surface area contributed by atoms with Gasteiger partial charge in [-0.15, -0.1) is 0 Å². The molecule has 0 aliphatic heterocycles. The average molecular weight is 262 g/mol. The van der Waals surface area contributed by atoms with Crippen LogP contribution in [0, 0.1) is 6.92 Å². The van der Waals surface area contributed by atoms with Crippen molar-refractivity contribution in [1.82, 2.24) is 5.32 Å². The summed E-state index contributed by atoms with van der Waals surface area (Å²) in [6.07, 6.45) is 4.38. The lowest BCUT2D eigenvalue weighted by molar-refractivity contribution is 0.0819. The number of rotatable bonds is 2. The molecule has 0 aromatic heterocycles. The third-order valence-corrected chi connectivity index (χ3v) is 3.66. The molecule has 0 saturated heterocycles. The number of aryl methyl sites for hydroxylation is 1. The van der Waals surface area contributed by atoms with Crippen LogP contribution in [0.25, 0.3) is 0 Å². The summed E-state index contributed by atoms with van der Waals surface area (Å²) in [4.78, 5) is 12.2. The molecule has 1 aliphatic carbocycles. The van der Waals surface area contributed by atoms with E-state index < -0.39 is 6.10 Å². The van der Waals surface area contributed by atoms with Crippen LogP contribution in [0.4, 0.5) is 5.69 Å². The molecule has 1 aromatic rings. The first-order valence-electron chi connectivity index (χ1n) is 6.92. The van der Waals surface area contributed by atoms with Crippen molar-refractivity contribution in [2.45, 2.75) is 51.2 Å². The van der Waals surface area contributed by atoms with Crippen molar-refractivity contribution in [1.29, 1.82) is 0 Å². The molecule has 1 aromatic carbocycles. The Hall–Kier alpha value is -1.55. The second kappa shape index (κ2) is 6.06. The Morgan fingerprint density at radius 1 is 1.26 bits per heavy atom. The van der Waals surface area contributed by atoms with Crippen LogP contribution in [0.1, 0.15) is 48.0 Å². The summed E-state index contributed by atoms with van der Waals surface area (Å²) in [5, 5.41) is 12.9. The lowest BCUT2D eigenvalue weighted by atomic mass is 10.0. The quantitative estimate of drug-likeness (QED) is 0.563. The van der Waals surface area contributed by atoms with E-state index in [9.17, 15) is 9.90 Å². The lowest BCUT2D eigenvalue weighted by Gasteiger charge is -2.22. The van der Waals surface area contributed by atoms with Crippen molar-refractivity contribution in [2.75, 3.05) is 5.73 Å². The smallest absolute Gasteiger partial charge is 0.251 e. The topological polar surface area (TPSA) is 75.4 Å². The summed E-state index contributed by atoms with van der Waals surface area (Å²) in [6.45, 7) is 1.91. The van der Waals surface area contributed by atoms with E-state index in [1.807, 2.05) is 19.1 Å². The van der Waals surface area contributed by atoms with Crippen LogP contribution < -0.4 is 11.1 Å². The first-order chi connectivity index (χ1) is 9.06. The van der Waals surface area contributed by atoms with Gasteiger partial charge < -0.3 is 16.2 Å². The standard InChI is InChI=1S/C15H22N2O2/c1-10-7-11(9-12(16)8-10)15(19)17-13-5-3-2-4-6-14(13)18/h7-9,13-14,18H,2-6,16H2,1H3,(H,17,19). The molecule has 1 saturated carbocycles. The summed E-state index contributed by atoms with van der Waals surface area (Å²) in [5.74, 6) is -0.152. The molecule has 2 atom stereocenters. The third kappa shape index (κ3) is 3.70. The Labute approximate surface area is 114 Å². The summed E-state index contributed by atoms with van der Waals surface area (Å²) >= 11 is 0. The van der Waals surface area contributed by atoms with Crippen LogP contribution in [0.3, 0.4) is 0 Å². The van der Waals surface area contributed by atoms with E-state index in [2.05, 4.69) is 5.32 Å². The normalized spacial score (nSPS) is 23.7. The molecular formula is C15H22N2O2. The third-order valence-electron chi connectivity index (χ3n) is 3.66. The number of carbonyl (C=O) groups excluding carboxylic acids is 1. The number of hydrogen-bond donors (Lipinski definition) is 3. The van der Waals surface area contributed by atoms with Crippen molar-refractivity contribution >= 4 is 11.6 Å². The van der Waals surface area contributed by atoms with E-state index in [4.69, 9.17) is 5.73 Å². The minimum absolute atomic E-state index is 0.142. The molecule has 4 heteroatoms. The summed E-state index contributed by atoms with van der Waals surface area (Å²) in [6, 6.07) is 5.18. The van der Waals surface area contributed by atoms with Crippen LogP contribution >= 0.6 is 0 Å². The van der Waals surface area contributed by atoms with Crippen LogP contribution in [0.5, 0.6) is 0 Å². The maximum Gasteiger partial charge on any atom is 0.251 e. The monoisotopic (exact) mass is 262 g/mol. The van der Waals surface area contributed by atoms with E-state index in [0.717, 1.165) is 37.7 Å². The van der Waals surface area contributed by atoms with Gasteiger partial charge in [0.25, 0.3) is 5.91 Å². The molecule has 1 fully saturated rings. The highest BCUT2D eigenvalue weighted by Gasteiger charge is 2.23. The zero-order valence-electron chi connectivity index (χ0n) is 11.4. The summed E-state index contributed by atoms with van der Waals surface area (Å²) in [7, 11) is 0. The van der Waals surface area contributed by atoms with Gasteiger partial charge in [0.2, 0.25) is 0 Å². The van der Waals surface area contributed by atoms with Gasteiger partial charge in [-0.25, -0.2) is 0 Å². The molecule has 104 valence electrons. The number of nitrogen functional groups attached to an aromatic ring is 1. The average Bonchev–Trinajstić information content (AvgIpc) is 2.54. The number of nitrogens with two attached hydrogens (primary N) is 1. The number of anilines is 1. The number of aliphatic hydroxyl groups is 1. The van der Waals surface area contributed by atoms with Gasteiger partial charge in [0.15, 0.2) is 0 Å². The Morgan fingerprint density at radius 3 is 2.74 bits per heavy atom. The number of carbonyl (C=O) groups is 1. The second-order valence-electron chi connectivity index (χ2n) is 5.42. The fraction of sp³-hybridized carbons (Fsp3) is 0.533. The molecule has 0 heterocycles. The number of aliphatic hydroxyl groups excluding tert-OH is 1. The molecule has 4 nitrogen and oxygen atoms in total. The molecule has 1 amide bonds. The minimum atomic E-state index is -0.436. The highest BCUT2D eigenvalue weighted by molar-refractivity contribution is 5.95. The number of hydrogen-bond acceptors (Lipinski definition) is 3. The second-order valence-corrected chi connectivity index (χ2v) is 5.42. The van der Waals surface area contributed by atoms with Gasteiger partial charge in [0.05, 0.1) is 12.1 Å². The molecule has 1 aliphatic rings. The predicted molar refractivity (Wildman–Crippen MR) is 75.9 cm³/mol. The highest BCUT2D eigenvalue weighted by Crippen LogP contribution is 2.19. The van der Waals surface area contributed by atoms with Gasteiger partial charge in [-0.05, 0) is 43.5 Å². The molecule has 0 radical (unpaired) electrons. The minimum Gasteiger partial charge on any atom is -0.399 e. The van der Waals surface area contributed by atoms with Gasteiger partial charge in [-0.2, -0.15) is 0 Å². The zero-order valence-corrected chi connectivity index (χ0v) is 11.4. The number of amides is 1. The number of benzene rings is 1. The van der Waals surface area contributed by atoms with Crippen LogP contribution in [0.15, 0.2) is 18.2 Å². The van der Waals surface area contributed by atoms with Crippen LogP contribution in [-0.2, 0) is 0 Å². The fourth-order valence-electron chi connectivity index (χ4n) is 2.65. The van der Waals surface area contributed by atoms with E-state index in [-0.39, 0.29) is 11.9 Å². The Kier molecular flexibility index (Phi) is 4.43. The molecule has 0 spiro atoms. The zero-order chi connectivity index (χ0) is 13.8. The van der Waals surface area contributed by atoms with Crippen molar-refractivity contribution in [3.63, 3.8) is 0 Å². The largest absolute Gasteiger partial charge is 0.399 e. The van der Waals surface area contributed by atoms with E-state index in [1.54, 1.807) is 6.07 Å². The predicted octanol–water partition coefficient (Wildman–Crippen LogP) is 2.00. The summed E-state index contributed by atoms with van der Waals surface area (Å²) in [5.41, 5.74) is 7.87. The van der Waals surface area contributed by atoms with Crippen LogP contribution in [0.2, 0.25) is 0 Å². The van der Waals surface area contributed by atoms with Crippen molar-refractivity contribution < 1.29 is 9.90 Å². The van der Waals surface area contributed by atoms with Crippen molar-refractivity contribution in [2.24, 2.45) is 0 Å². The number of nitrogens with one attached hydrogen (secondary N) is 1. The van der Waals surface area contributed by atoms with Crippen molar-refractivity contribution in [3.8, 4) is 0 Å². The maximum absolute atomic E-state index is 12.2.